The fourth-order valence-corrected chi connectivity index (χ4v) is 2.61. The maximum Gasteiger partial charge on any atom is 0.204 e. The van der Waals surface area contributed by atoms with Crippen LogP contribution in [-0.2, 0) is 0 Å². The molecule has 4 nitrogen and oxygen atoms in total. The zero-order valence-electron chi connectivity index (χ0n) is 12.0. The number of rotatable bonds is 4. The van der Waals surface area contributed by atoms with Crippen molar-refractivity contribution < 1.29 is 9.53 Å². The quantitative estimate of drug-likeness (QED) is 0.782. The minimum Gasteiger partial charge on any atom is -0.494 e. The number of ketones is 1. The van der Waals surface area contributed by atoms with E-state index in [-0.39, 0.29) is 5.78 Å². The molecule has 0 bridgehead atoms. The number of hydrogen-bond donors (Lipinski definition) is 0. The number of piperidine rings is 1. The molecule has 19 heavy (non-hydrogen) atoms. The van der Waals surface area contributed by atoms with Crippen molar-refractivity contribution in [3.63, 3.8) is 0 Å². The van der Waals surface area contributed by atoms with Crippen molar-refractivity contribution in [1.82, 2.24) is 9.88 Å². The number of hydrogen-bond acceptors (Lipinski definition) is 4. The second kappa shape index (κ2) is 5.70. The van der Waals surface area contributed by atoms with Gasteiger partial charge in [-0.05, 0) is 51.9 Å². The van der Waals surface area contributed by atoms with E-state index in [0.717, 1.165) is 25.9 Å². The minimum absolute atomic E-state index is 0.0341. The molecule has 2 heterocycles. The highest BCUT2D eigenvalue weighted by molar-refractivity contribution is 6.03. The minimum atomic E-state index is -0.526. The summed E-state index contributed by atoms with van der Waals surface area (Å²) < 4.78 is 5.25. The van der Waals surface area contributed by atoms with Gasteiger partial charge in [0, 0.05) is 6.20 Å². The Morgan fingerprint density at radius 1 is 1.32 bits per heavy atom. The summed E-state index contributed by atoms with van der Waals surface area (Å²) in [6, 6.07) is 3.57. The lowest BCUT2D eigenvalue weighted by Gasteiger charge is -2.39. The monoisotopic (exact) mass is 262 g/mol. The Bertz CT molecular complexity index is 451. The maximum atomic E-state index is 12.8. The van der Waals surface area contributed by atoms with Crippen LogP contribution in [-0.4, -0.2) is 41.4 Å². The SMILES string of the molecule is COc1cccnc1C(=O)C(C)(C)N1CCCCC1. The maximum absolute atomic E-state index is 12.8. The number of nitrogens with zero attached hydrogens (tertiary/aromatic N) is 2. The largest absolute Gasteiger partial charge is 0.494 e. The molecular weight excluding hydrogens is 240 g/mol. The van der Waals surface area contributed by atoms with Crippen molar-refractivity contribution in [3.05, 3.63) is 24.0 Å². The average Bonchev–Trinajstić information content (AvgIpc) is 2.47. The van der Waals surface area contributed by atoms with Crippen molar-refractivity contribution in [2.75, 3.05) is 20.2 Å². The molecule has 0 amide bonds. The fraction of sp³-hybridized carbons (Fsp3) is 0.600. The molecular formula is C15H22N2O2. The Labute approximate surface area is 114 Å². The van der Waals surface area contributed by atoms with Crippen LogP contribution in [0, 0.1) is 0 Å². The van der Waals surface area contributed by atoms with Crippen LogP contribution < -0.4 is 4.74 Å². The first kappa shape index (κ1) is 14.0. The Morgan fingerprint density at radius 2 is 2.00 bits per heavy atom. The van der Waals surface area contributed by atoms with Crippen molar-refractivity contribution in [2.24, 2.45) is 0 Å². The Morgan fingerprint density at radius 3 is 2.63 bits per heavy atom. The normalized spacial score (nSPS) is 17.2. The molecule has 0 unspecified atom stereocenters. The molecule has 0 N–H and O–H groups in total. The topological polar surface area (TPSA) is 42.4 Å². The lowest BCUT2D eigenvalue weighted by Crippen LogP contribution is -2.52. The number of Topliss-reactive ketones (excluding diaryl/α,β-unsaturated/α-hetero) is 1. The average molecular weight is 262 g/mol. The summed E-state index contributed by atoms with van der Waals surface area (Å²) in [5, 5.41) is 0. The summed E-state index contributed by atoms with van der Waals surface area (Å²) in [4.78, 5) is 19.2. The van der Waals surface area contributed by atoms with Gasteiger partial charge >= 0.3 is 0 Å². The lowest BCUT2D eigenvalue weighted by atomic mass is 9.91. The molecule has 0 atom stereocenters. The fourth-order valence-electron chi connectivity index (χ4n) is 2.61. The van der Waals surface area contributed by atoms with E-state index in [4.69, 9.17) is 4.74 Å². The molecule has 4 heteroatoms. The van der Waals surface area contributed by atoms with Gasteiger partial charge in [-0.2, -0.15) is 0 Å². The van der Waals surface area contributed by atoms with Crippen LogP contribution in [0.5, 0.6) is 5.75 Å². The molecule has 1 aliphatic heterocycles. The van der Waals surface area contributed by atoms with Gasteiger partial charge in [-0.15, -0.1) is 0 Å². The zero-order valence-corrected chi connectivity index (χ0v) is 12.0. The number of methoxy groups -OCH3 is 1. The van der Waals surface area contributed by atoms with E-state index in [1.807, 2.05) is 13.8 Å². The van der Waals surface area contributed by atoms with E-state index < -0.39 is 5.54 Å². The van der Waals surface area contributed by atoms with Crippen molar-refractivity contribution in [2.45, 2.75) is 38.6 Å². The van der Waals surface area contributed by atoms with Gasteiger partial charge in [0.2, 0.25) is 5.78 Å². The number of aromatic nitrogens is 1. The molecule has 1 aromatic heterocycles. The number of pyridine rings is 1. The molecule has 0 radical (unpaired) electrons. The first-order valence-corrected chi connectivity index (χ1v) is 6.86. The summed E-state index contributed by atoms with van der Waals surface area (Å²) in [5.74, 6) is 0.587. The molecule has 0 saturated carbocycles. The Hall–Kier alpha value is -1.42. The summed E-state index contributed by atoms with van der Waals surface area (Å²) in [5.41, 5.74) is -0.0947. The molecule has 0 aliphatic carbocycles. The van der Waals surface area contributed by atoms with Crippen LogP contribution >= 0.6 is 0 Å². The molecule has 1 fully saturated rings. The van der Waals surface area contributed by atoms with E-state index in [1.54, 1.807) is 25.4 Å². The van der Waals surface area contributed by atoms with Gasteiger partial charge in [-0.25, -0.2) is 4.98 Å². The Balaban J connectivity index is 2.26. The van der Waals surface area contributed by atoms with Gasteiger partial charge < -0.3 is 4.74 Å². The van der Waals surface area contributed by atoms with Gasteiger partial charge in [0.05, 0.1) is 12.6 Å². The van der Waals surface area contributed by atoms with Gasteiger partial charge in [0.15, 0.2) is 0 Å². The third-order valence-corrected chi connectivity index (χ3v) is 3.91. The van der Waals surface area contributed by atoms with Crippen LogP contribution in [0.15, 0.2) is 18.3 Å². The van der Waals surface area contributed by atoms with Crippen LogP contribution in [0.4, 0.5) is 0 Å². The van der Waals surface area contributed by atoms with Crippen LogP contribution in [0.1, 0.15) is 43.6 Å². The summed E-state index contributed by atoms with van der Waals surface area (Å²) in [7, 11) is 1.57. The van der Waals surface area contributed by atoms with E-state index in [9.17, 15) is 4.79 Å². The highest BCUT2D eigenvalue weighted by atomic mass is 16.5. The summed E-state index contributed by atoms with van der Waals surface area (Å²) in [6.07, 6.45) is 5.22. The molecule has 1 saturated heterocycles. The summed E-state index contributed by atoms with van der Waals surface area (Å²) in [6.45, 7) is 5.92. The molecule has 1 aromatic rings. The van der Waals surface area contributed by atoms with Crippen LogP contribution in [0.3, 0.4) is 0 Å². The van der Waals surface area contributed by atoms with E-state index >= 15 is 0 Å². The number of carbonyl (C=O) groups is 1. The van der Waals surface area contributed by atoms with Crippen molar-refractivity contribution in [3.8, 4) is 5.75 Å². The summed E-state index contributed by atoms with van der Waals surface area (Å²) >= 11 is 0. The van der Waals surface area contributed by atoms with Crippen molar-refractivity contribution in [1.29, 1.82) is 0 Å². The smallest absolute Gasteiger partial charge is 0.204 e. The predicted octanol–water partition coefficient (Wildman–Crippen LogP) is 2.54. The molecule has 1 aliphatic rings. The molecule has 0 spiro atoms. The highest BCUT2D eigenvalue weighted by Crippen LogP contribution is 2.27. The van der Waals surface area contributed by atoms with Gasteiger partial charge in [0.1, 0.15) is 11.4 Å². The van der Waals surface area contributed by atoms with Crippen LogP contribution in [0.2, 0.25) is 0 Å². The van der Waals surface area contributed by atoms with Gasteiger partial charge in [-0.1, -0.05) is 6.42 Å². The van der Waals surface area contributed by atoms with E-state index in [0.29, 0.717) is 11.4 Å². The zero-order chi connectivity index (χ0) is 13.9. The standard InChI is InChI=1S/C15H22N2O2/c1-15(2,17-10-5-4-6-11-17)14(18)13-12(19-3)8-7-9-16-13/h7-9H,4-6,10-11H2,1-3H3. The van der Waals surface area contributed by atoms with E-state index in [2.05, 4.69) is 9.88 Å². The number of likely N-dealkylation sites (tertiary alicyclic amines) is 1. The number of ether oxygens (including phenoxy) is 1. The molecule has 0 aromatic carbocycles. The predicted molar refractivity (Wildman–Crippen MR) is 74.6 cm³/mol. The second-order valence-corrected chi connectivity index (χ2v) is 5.49. The van der Waals surface area contributed by atoms with Gasteiger partial charge in [-0.3, -0.25) is 9.69 Å². The third-order valence-electron chi connectivity index (χ3n) is 3.91. The lowest BCUT2D eigenvalue weighted by molar-refractivity contribution is 0.0571. The van der Waals surface area contributed by atoms with Gasteiger partial charge in [0.25, 0.3) is 0 Å². The van der Waals surface area contributed by atoms with E-state index in [1.165, 1.54) is 6.42 Å². The first-order chi connectivity index (χ1) is 9.07. The first-order valence-electron chi connectivity index (χ1n) is 6.86. The molecule has 104 valence electrons. The number of carbonyl (C=O) groups excluding carboxylic acids is 1. The van der Waals surface area contributed by atoms with Crippen LogP contribution in [0.25, 0.3) is 0 Å². The third kappa shape index (κ3) is 2.78. The van der Waals surface area contributed by atoms with Crippen molar-refractivity contribution >= 4 is 5.78 Å². The second-order valence-electron chi connectivity index (χ2n) is 5.49. The Kier molecular flexibility index (Phi) is 4.20. The highest BCUT2D eigenvalue weighted by Gasteiger charge is 2.37. The molecule has 2 rings (SSSR count).